The molecule has 0 aromatic heterocycles. The van der Waals surface area contributed by atoms with Gasteiger partial charge in [0.05, 0.1) is 0 Å². The van der Waals surface area contributed by atoms with Crippen LogP contribution in [0.4, 0.5) is 0 Å². The summed E-state index contributed by atoms with van der Waals surface area (Å²) in [7, 11) is 0. The fourth-order valence-electron chi connectivity index (χ4n) is 2.29. The van der Waals surface area contributed by atoms with Gasteiger partial charge in [0.2, 0.25) is 0 Å². The van der Waals surface area contributed by atoms with Crippen molar-refractivity contribution in [1.29, 1.82) is 0 Å². The Morgan fingerprint density at radius 3 is 2.00 bits per heavy atom. The quantitative estimate of drug-likeness (QED) is 0.472. The van der Waals surface area contributed by atoms with Crippen molar-refractivity contribution in [3.8, 4) is 0 Å². The topological polar surface area (TPSA) is 0 Å². The van der Waals surface area contributed by atoms with Crippen molar-refractivity contribution >= 4 is 0 Å². The molecule has 0 saturated carbocycles. The van der Waals surface area contributed by atoms with E-state index in [1.165, 1.54) is 51.4 Å². The first kappa shape index (κ1) is 13.5. The normalized spacial score (nSPS) is 26.5. The van der Waals surface area contributed by atoms with E-state index in [-0.39, 0.29) is 0 Å². The molecule has 0 aliphatic heterocycles. The van der Waals surface area contributed by atoms with Crippen molar-refractivity contribution in [3.05, 3.63) is 24.3 Å². The van der Waals surface area contributed by atoms with Crippen molar-refractivity contribution in [2.45, 2.75) is 65.2 Å². The predicted octanol–water partition coefficient (Wildman–Crippen LogP) is 5.51. The first-order valence-electron chi connectivity index (χ1n) is 7.09. The average Bonchev–Trinajstić information content (AvgIpc) is 2.64. The van der Waals surface area contributed by atoms with Crippen LogP contribution in [-0.4, -0.2) is 0 Å². The summed E-state index contributed by atoms with van der Waals surface area (Å²) in [6.45, 7) is 4.67. The van der Waals surface area contributed by atoms with Gasteiger partial charge in [0.25, 0.3) is 0 Å². The maximum atomic E-state index is 2.34. The van der Waals surface area contributed by atoms with Gasteiger partial charge in [-0.2, -0.15) is 0 Å². The second kappa shape index (κ2) is 8.61. The van der Waals surface area contributed by atoms with E-state index < -0.39 is 0 Å². The molecule has 0 fully saturated rings. The van der Waals surface area contributed by atoms with Crippen LogP contribution in [0.5, 0.6) is 0 Å². The van der Waals surface area contributed by atoms with Crippen molar-refractivity contribution in [2.24, 2.45) is 11.8 Å². The van der Waals surface area contributed by atoms with E-state index in [4.69, 9.17) is 0 Å². The van der Waals surface area contributed by atoms with Crippen molar-refractivity contribution in [3.63, 3.8) is 0 Å². The van der Waals surface area contributed by atoms with Crippen molar-refractivity contribution in [2.75, 3.05) is 0 Å². The number of rotatable bonds is 0. The Hall–Kier alpha value is -0.520. The first-order valence-corrected chi connectivity index (χ1v) is 7.09. The summed E-state index contributed by atoms with van der Waals surface area (Å²) in [4.78, 5) is 0. The highest BCUT2D eigenvalue weighted by Crippen LogP contribution is 2.17. The molecule has 16 heavy (non-hydrogen) atoms. The summed E-state index contributed by atoms with van der Waals surface area (Å²) in [6.07, 6.45) is 20.1. The summed E-state index contributed by atoms with van der Waals surface area (Å²) in [5.41, 5.74) is 0. The Kier molecular flexibility index (Phi) is 7.29. The second-order valence-corrected chi connectivity index (χ2v) is 5.47. The molecule has 0 saturated heterocycles. The number of hydrogen-bond acceptors (Lipinski definition) is 0. The summed E-state index contributed by atoms with van der Waals surface area (Å²) in [6, 6.07) is 0. The second-order valence-electron chi connectivity index (χ2n) is 5.47. The minimum Gasteiger partial charge on any atom is -0.0885 e. The van der Waals surface area contributed by atoms with Gasteiger partial charge in [0, 0.05) is 0 Å². The molecule has 0 N–H and O–H groups in total. The molecule has 2 aliphatic rings. The van der Waals surface area contributed by atoms with Gasteiger partial charge >= 0.3 is 0 Å². The SMILES string of the molecule is CC1CC=CCCC1.CC1CCC=CCC1. The average molecular weight is 220 g/mol. The fraction of sp³-hybridized carbons (Fsp3) is 0.750. The molecule has 92 valence electrons. The van der Waals surface area contributed by atoms with Crippen molar-refractivity contribution in [1.82, 2.24) is 0 Å². The van der Waals surface area contributed by atoms with E-state index in [1.54, 1.807) is 0 Å². The van der Waals surface area contributed by atoms with E-state index in [0.29, 0.717) is 0 Å². The van der Waals surface area contributed by atoms with Crippen LogP contribution in [0.3, 0.4) is 0 Å². The van der Waals surface area contributed by atoms with Crippen LogP contribution in [0.2, 0.25) is 0 Å². The monoisotopic (exact) mass is 220 g/mol. The first-order chi connectivity index (χ1) is 7.79. The Balaban J connectivity index is 0.000000160. The Bertz CT molecular complexity index is 202. The molecule has 2 aliphatic carbocycles. The summed E-state index contributed by atoms with van der Waals surface area (Å²) in [5, 5.41) is 0. The van der Waals surface area contributed by atoms with Crippen LogP contribution in [0.25, 0.3) is 0 Å². The molecule has 0 bridgehead atoms. The van der Waals surface area contributed by atoms with Crippen LogP contribution >= 0.6 is 0 Å². The van der Waals surface area contributed by atoms with Gasteiger partial charge in [-0.05, 0) is 56.8 Å². The Morgan fingerprint density at radius 2 is 1.31 bits per heavy atom. The molecule has 0 spiro atoms. The van der Waals surface area contributed by atoms with Crippen LogP contribution in [0.15, 0.2) is 24.3 Å². The summed E-state index contributed by atoms with van der Waals surface area (Å²) >= 11 is 0. The maximum Gasteiger partial charge on any atom is -0.0325 e. The van der Waals surface area contributed by atoms with Crippen LogP contribution in [-0.2, 0) is 0 Å². The van der Waals surface area contributed by atoms with E-state index >= 15 is 0 Å². The number of allylic oxidation sites excluding steroid dienone is 4. The van der Waals surface area contributed by atoms with E-state index in [2.05, 4.69) is 38.2 Å². The minimum atomic E-state index is 0.939. The molecule has 0 radical (unpaired) electrons. The third kappa shape index (κ3) is 6.87. The van der Waals surface area contributed by atoms with Gasteiger partial charge < -0.3 is 0 Å². The zero-order chi connectivity index (χ0) is 11.6. The largest absolute Gasteiger partial charge is 0.0885 e. The minimum absolute atomic E-state index is 0.939. The molecular weight excluding hydrogens is 192 g/mol. The van der Waals surface area contributed by atoms with E-state index in [9.17, 15) is 0 Å². The lowest BCUT2D eigenvalue weighted by molar-refractivity contribution is 0.513. The van der Waals surface area contributed by atoms with E-state index in [0.717, 1.165) is 11.8 Å². The highest BCUT2D eigenvalue weighted by Gasteiger charge is 2.01. The lowest BCUT2D eigenvalue weighted by Crippen LogP contribution is -1.89. The smallest absolute Gasteiger partial charge is 0.0325 e. The van der Waals surface area contributed by atoms with Crippen LogP contribution in [0, 0.1) is 11.8 Å². The van der Waals surface area contributed by atoms with Gasteiger partial charge in [-0.3, -0.25) is 0 Å². The van der Waals surface area contributed by atoms with Crippen LogP contribution < -0.4 is 0 Å². The molecular formula is C16H28. The lowest BCUT2D eigenvalue weighted by atomic mass is 10.0. The molecule has 0 nitrogen and oxygen atoms in total. The zero-order valence-corrected chi connectivity index (χ0v) is 11.1. The molecule has 1 unspecified atom stereocenters. The molecule has 0 amide bonds. The summed E-state index contributed by atoms with van der Waals surface area (Å²) in [5.74, 6) is 1.90. The van der Waals surface area contributed by atoms with E-state index in [1.807, 2.05) is 0 Å². The molecule has 2 rings (SSSR count). The molecule has 0 heteroatoms. The Morgan fingerprint density at radius 1 is 0.688 bits per heavy atom. The van der Waals surface area contributed by atoms with Crippen LogP contribution in [0.1, 0.15) is 65.2 Å². The maximum absolute atomic E-state index is 2.34. The third-order valence-corrected chi connectivity index (χ3v) is 3.59. The number of hydrogen-bond donors (Lipinski definition) is 0. The highest BCUT2D eigenvalue weighted by atomic mass is 14.1. The Labute approximate surface area is 102 Å². The van der Waals surface area contributed by atoms with Gasteiger partial charge in [0.1, 0.15) is 0 Å². The van der Waals surface area contributed by atoms with Gasteiger partial charge in [0.15, 0.2) is 0 Å². The molecule has 1 atom stereocenters. The zero-order valence-electron chi connectivity index (χ0n) is 11.1. The highest BCUT2D eigenvalue weighted by molar-refractivity contribution is 4.86. The van der Waals surface area contributed by atoms with Gasteiger partial charge in [-0.25, -0.2) is 0 Å². The van der Waals surface area contributed by atoms with Gasteiger partial charge in [-0.15, -0.1) is 0 Å². The summed E-state index contributed by atoms with van der Waals surface area (Å²) < 4.78 is 0. The fourth-order valence-corrected chi connectivity index (χ4v) is 2.29. The van der Waals surface area contributed by atoms with Crippen molar-refractivity contribution < 1.29 is 0 Å². The standard InChI is InChI=1S/2C8H14/c2*1-8-6-4-2-3-5-7-8/h2,4,8H,3,5-7H2,1H3;2-3,8H,4-7H2,1H3. The molecule has 0 aromatic rings. The third-order valence-electron chi connectivity index (χ3n) is 3.59. The molecule has 0 aromatic carbocycles. The predicted molar refractivity (Wildman–Crippen MR) is 73.5 cm³/mol. The molecule has 0 heterocycles. The lowest BCUT2D eigenvalue weighted by Gasteiger charge is -2.02. The van der Waals surface area contributed by atoms with Gasteiger partial charge in [-0.1, -0.05) is 44.6 Å².